The van der Waals surface area contributed by atoms with Gasteiger partial charge in [0.2, 0.25) is 0 Å². The van der Waals surface area contributed by atoms with Crippen molar-refractivity contribution >= 4 is 17.3 Å². The smallest absolute Gasteiger partial charge is 0.267 e. The van der Waals surface area contributed by atoms with Gasteiger partial charge in [-0.15, -0.1) is 0 Å². The summed E-state index contributed by atoms with van der Waals surface area (Å²) in [5.41, 5.74) is 1.48. The fraction of sp³-hybridized carbons (Fsp3) is 0.238. The Morgan fingerprint density at radius 2 is 1.82 bits per heavy atom. The molecule has 1 amide bonds. The topological polar surface area (TPSA) is 68.6 Å². The van der Waals surface area contributed by atoms with Gasteiger partial charge in [0, 0.05) is 38.1 Å². The highest BCUT2D eigenvalue weighted by molar-refractivity contribution is 6.06. The molecule has 0 aromatic heterocycles. The molecule has 1 N–H and O–H groups in total. The molecular formula is C21H21FN4O2. The van der Waals surface area contributed by atoms with Crippen molar-refractivity contribution < 1.29 is 13.9 Å². The molecule has 2 aromatic carbocycles. The van der Waals surface area contributed by atoms with Gasteiger partial charge in [0.1, 0.15) is 23.2 Å². The molecule has 0 saturated carbocycles. The molecule has 1 aliphatic rings. The Hall–Kier alpha value is -3.53. The minimum absolute atomic E-state index is 0.00932. The number of amides is 1. The molecule has 2 aromatic rings. The lowest BCUT2D eigenvalue weighted by Crippen LogP contribution is -2.44. The molecule has 1 saturated heterocycles. The minimum atomic E-state index is -0.513. The van der Waals surface area contributed by atoms with Gasteiger partial charge in [-0.2, -0.15) is 5.26 Å². The number of benzene rings is 2. The average molecular weight is 380 g/mol. The lowest BCUT2D eigenvalue weighted by atomic mass is 10.2. The second-order valence-corrected chi connectivity index (χ2v) is 6.31. The van der Waals surface area contributed by atoms with E-state index in [0.29, 0.717) is 18.8 Å². The van der Waals surface area contributed by atoms with Crippen molar-refractivity contribution in [2.24, 2.45) is 0 Å². The van der Waals surface area contributed by atoms with Crippen molar-refractivity contribution in [3.8, 4) is 11.8 Å². The number of piperazine rings is 1. The number of carbonyl (C=O) groups is 1. The van der Waals surface area contributed by atoms with E-state index in [1.54, 1.807) is 13.3 Å². The summed E-state index contributed by atoms with van der Waals surface area (Å²) in [5, 5.41) is 12.0. The Labute approximate surface area is 163 Å². The van der Waals surface area contributed by atoms with E-state index in [0.717, 1.165) is 24.5 Å². The first-order valence-corrected chi connectivity index (χ1v) is 8.91. The number of para-hydroxylation sites is 2. The summed E-state index contributed by atoms with van der Waals surface area (Å²) in [6.07, 6.45) is 1.58. The van der Waals surface area contributed by atoms with Crippen LogP contribution in [0.5, 0.6) is 5.75 Å². The van der Waals surface area contributed by atoms with Crippen LogP contribution in [0, 0.1) is 17.1 Å². The third-order valence-electron chi connectivity index (χ3n) is 4.52. The predicted molar refractivity (Wildman–Crippen MR) is 106 cm³/mol. The number of carbonyl (C=O) groups excluding carboxylic acids is 1. The second kappa shape index (κ2) is 8.91. The number of nitriles is 1. The van der Waals surface area contributed by atoms with Crippen LogP contribution in [0.25, 0.3) is 0 Å². The average Bonchev–Trinajstić information content (AvgIpc) is 2.74. The number of rotatable bonds is 5. The molecule has 0 aliphatic carbocycles. The van der Waals surface area contributed by atoms with Crippen LogP contribution in [0.4, 0.5) is 15.8 Å². The molecule has 3 rings (SSSR count). The number of methoxy groups -OCH3 is 1. The molecule has 1 heterocycles. The van der Waals surface area contributed by atoms with Crippen LogP contribution in [0.15, 0.2) is 60.3 Å². The zero-order valence-electron chi connectivity index (χ0n) is 15.6. The normalized spacial score (nSPS) is 14.4. The Morgan fingerprint density at radius 3 is 2.46 bits per heavy atom. The third kappa shape index (κ3) is 4.60. The summed E-state index contributed by atoms with van der Waals surface area (Å²) in [6, 6.07) is 15.2. The summed E-state index contributed by atoms with van der Waals surface area (Å²) >= 11 is 0. The molecule has 1 fully saturated rings. The molecule has 0 unspecified atom stereocenters. The minimum Gasteiger partial charge on any atom is -0.495 e. The van der Waals surface area contributed by atoms with Crippen molar-refractivity contribution in [2.75, 3.05) is 43.5 Å². The van der Waals surface area contributed by atoms with Crippen LogP contribution < -0.4 is 15.0 Å². The van der Waals surface area contributed by atoms with Crippen LogP contribution in [-0.2, 0) is 4.79 Å². The molecule has 0 atom stereocenters. The van der Waals surface area contributed by atoms with Crippen molar-refractivity contribution in [1.82, 2.24) is 4.90 Å². The number of hydrogen-bond donors (Lipinski definition) is 1. The van der Waals surface area contributed by atoms with Crippen LogP contribution in [-0.4, -0.2) is 44.1 Å². The largest absolute Gasteiger partial charge is 0.495 e. The first-order valence-electron chi connectivity index (χ1n) is 8.91. The van der Waals surface area contributed by atoms with Crippen LogP contribution in [0.3, 0.4) is 0 Å². The molecule has 1 aliphatic heterocycles. The second-order valence-electron chi connectivity index (χ2n) is 6.31. The van der Waals surface area contributed by atoms with Crippen molar-refractivity contribution in [3.63, 3.8) is 0 Å². The number of halogens is 1. The Bertz CT molecular complexity index is 897. The van der Waals surface area contributed by atoms with Gasteiger partial charge in [-0.25, -0.2) is 4.39 Å². The maximum absolute atomic E-state index is 13.0. The van der Waals surface area contributed by atoms with E-state index in [1.807, 2.05) is 35.2 Å². The van der Waals surface area contributed by atoms with E-state index in [-0.39, 0.29) is 11.4 Å². The lowest BCUT2D eigenvalue weighted by molar-refractivity contribution is -0.112. The molecule has 6 nitrogen and oxygen atoms in total. The van der Waals surface area contributed by atoms with Gasteiger partial charge in [-0.05, 0) is 36.4 Å². The molecule has 7 heteroatoms. The van der Waals surface area contributed by atoms with E-state index >= 15 is 0 Å². The quantitative estimate of drug-likeness (QED) is 0.638. The third-order valence-corrected chi connectivity index (χ3v) is 4.52. The van der Waals surface area contributed by atoms with E-state index in [9.17, 15) is 14.4 Å². The summed E-state index contributed by atoms with van der Waals surface area (Å²) in [7, 11) is 1.65. The Morgan fingerprint density at radius 1 is 1.14 bits per heavy atom. The molecular weight excluding hydrogens is 359 g/mol. The zero-order valence-corrected chi connectivity index (χ0v) is 15.6. The maximum atomic E-state index is 13.0. The van der Waals surface area contributed by atoms with Gasteiger partial charge < -0.3 is 19.9 Å². The van der Waals surface area contributed by atoms with Crippen molar-refractivity contribution in [1.29, 1.82) is 5.26 Å². The first-order chi connectivity index (χ1) is 13.6. The van der Waals surface area contributed by atoms with Crippen molar-refractivity contribution in [3.05, 3.63) is 66.1 Å². The van der Waals surface area contributed by atoms with E-state index in [4.69, 9.17) is 4.74 Å². The van der Waals surface area contributed by atoms with Crippen molar-refractivity contribution in [2.45, 2.75) is 0 Å². The molecule has 0 radical (unpaired) electrons. The summed E-state index contributed by atoms with van der Waals surface area (Å²) in [4.78, 5) is 16.5. The first kappa shape index (κ1) is 19.2. The molecule has 144 valence electrons. The fourth-order valence-electron chi connectivity index (χ4n) is 3.04. The van der Waals surface area contributed by atoms with Crippen LogP contribution >= 0.6 is 0 Å². The van der Waals surface area contributed by atoms with Gasteiger partial charge in [-0.3, -0.25) is 4.79 Å². The number of nitrogens with zero attached hydrogens (tertiary/aromatic N) is 3. The lowest BCUT2D eigenvalue weighted by Gasteiger charge is -2.36. The Balaban J connectivity index is 1.62. The van der Waals surface area contributed by atoms with Gasteiger partial charge in [-0.1, -0.05) is 12.1 Å². The van der Waals surface area contributed by atoms with E-state index < -0.39 is 5.91 Å². The SMILES string of the molecule is COc1ccccc1N1CCN(/C=C(/C#N)C(=O)Nc2ccc(F)cc2)CC1. The van der Waals surface area contributed by atoms with Gasteiger partial charge in [0.15, 0.2) is 0 Å². The summed E-state index contributed by atoms with van der Waals surface area (Å²) in [6.45, 7) is 2.84. The monoisotopic (exact) mass is 380 g/mol. The zero-order chi connectivity index (χ0) is 19.9. The molecule has 0 bridgehead atoms. The molecule has 0 spiro atoms. The number of hydrogen-bond acceptors (Lipinski definition) is 5. The fourth-order valence-corrected chi connectivity index (χ4v) is 3.04. The highest BCUT2D eigenvalue weighted by atomic mass is 19.1. The Kier molecular flexibility index (Phi) is 6.12. The highest BCUT2D eigenvalue weighted by Gasteiger charge is 2.19. The van der Waals surface area contributed by atoms with Gasteiger partial charge >= 0.3 is 0 Å². The van der Waals surface area contributed by atoms with E-state index in [2.05, 4.69) is 10.2 Å². The van der Waals surface area contributed by atoms with E-state index in [1.165, 1.54) is 24.3 Å². The van der Waals surface area contributed by atoms with Crippen LogP contribution in [0.1, 0.15) is 0 Å². The number of nitrogens with one attached hydrogen (secondary N) is 1. The predicted octanol–water partition coefficient (Wildman–Crippen LogP) is 3.00. The highest BCUT2D eigenvalue weighted by Crippen LogP contribution is 2.28. The standard InChI is InChI=1S/C21H21FN4O2/c1-28-20-5-3-2-4-19(20)26-12-10-25(11-13-26)15-16(14-23)21(27)24-18-8-6-17(22)7-9-18/h2-9,15H,10-13H2,1H3,(H,24,27)/b16-15-. The van der Waals surface area contributed by atoms with Gasteiger partial charge in [0.25, 0.3) is 5.91 Å². The molecule has 28 heavy (non-hydrogen) atoms. The number of anilines is 2. The number of ether oxygens (including phenoxy) is 1. The summed E-state index contributed by atoms with van der Waals surface area (Å²) < 4.78 is 18.4. The maximum Gasteiger partial charge on any atom is 0.267 e. The summed E-state index contributed by atoms with van der Waals surface area (Å²) in [5.74, 6) is -0.0777. The van der Waals surface area contributed by atoms with Crippen LogP contribution in [0.2, 0.25) is 0 Å². The van der Waals surface area contributed by atoms with Gasteiger partial charge in [0.05, 0.1) is 12.8 Å².